The molecule has 2 aromatic rings. The van der Waals surface area contributed by atoms with Crippen molar-refractivity contribution in [3.8, 4) is 0 Å². The van der Waals surface area contributed by atoms with E-state index in [0.717, 1.165) is 6.07 Å². The van der Waals surface area contributed by atoms with Crippen molar-refractivity contribution in [3.05, 3.63) is 57.6 Å². The summed E-state index contributed by atoms with van der Waals surface area (Å²) >= 11 is 2.83. The number of halogens is 5. The summed E-state index contributed by atoms with van der Waals surface area (Å²) in [5.41, 5.74) is 4.39. The fourth-order valence-corrected chi connectivity index (χ4v) is 1.91. The van der Waals surface area contributed by atoms with Crippen LogP contribution in [0.25, 0.3) is 0 Å². The molecular weight excluding hydrogens is 356 g/mol. The van der Waals surface area contributed by atoms with Gasteiger partial charge in [0.2, 0.25) is 0 Å². The highest BCUT2D eigenvalue weighted by atomic mass is 79.9. The Kier molecular flexibility index (Phi) is 4.17. The number of anilines is 2. The fraction of sp³-hybridized carbons (Fsp3) is 0. The third-order valence-electron chi connectivity index (χ3n) is 2.60. The minimum Gasteiger partial charge on any atom is -0.398 e. The number of hydrogen-bond acceptors (Lipinski definition) is 2. The average Bonchev–Trinajstić information content (AvgIpc) is 2.40. The van der Waals surface area contributed by atoms with E-state index in [4.69, 9.17) is 5.73 Å². The zero-order chi connectivity index (χ0) is 15.7. The highest BCUT2D eigenvalue weighted by Crippen LogP contribution is 2.25. The molecule has 0 aliphatic heterocycles. The lowest BCUT2D eigenvalue weighted by Crippen LogP contribution is -2.16. The van der Waals surface area contributed by atoms with Gasteiger partial charge < -0.3 is 11.1 Å². The van der Waals surface area contributed by atoms with E-state index in [1.54, 1.807) is 0 Å². The smallest absolute Gasteiger partial charge is 0.257 e. The van der Waals surface area contributed by atoms with E-state index >= 15 is 0 Å². The molecule has 0 saturated heterocycles. The molecule has 21 heavy (non-hydrogen) atoms. The van der Waals surface area contributed by atoms with Crippen molar-refractivity contribution in [1.82, 2.24) is 0 Å². The first-order valence-electron chi connectivity index (χ1n) is 5.50. The lowest BCUT2D eigenvalue weighted by Gasteiger charge is -2.09. The van der Waals surface area contributed by atoms with Gasteiger partial charge in [0.15, 0.2) is 11.6 Å². The minimum absolute atomic E-state index is 0.0718. The van der Waals surface area contributed by atoms with E-state index in [1.807, 2.05) is 0 Å². The zero-order valence-electron chi connectivity index (χ0n) is 10.2. The Bertz CT molecular complexity index is 737. The highest BCUT2D eigenvalue weighted by molar-refractivity contribution is 9.10. The van der Waals surface area contributed by atoms with Gasteiger partial charge in [-0.05, 0) is 28.1 Å². The quantitative estimate of drug-likeness (QED) is 0.484. The third kappa shape index (κ3) is 3.15. The molecule has 2 aromatic carbocycles. The second-order valence-corrected chi connectivity index (χ2v) is 4.91. The number of nitrogen functional groups attached to an aromatic ring is 1. The summed E-state index contributed by atoms with van der Waals surface area (Å²) in [5.74, 6) is -5.30. The van der Waals surface area contributed by atoms with Crippen molar-refractivity contribution in [1.29, 1.82) is 0 Å². The Morgan fingerprint density at radius 2 is 1.57 bits per heavy atom. The zero-order valence-corrected chi connectivity index (χ0v) is 11.8. The molecule has 0 aliphatic carbocycles. The number of nitrogens with one attached hydrogen (secondary N) is 1. The molecule has 8 heteroatoms. The van der Waals surface area contributed by atoms with Gasteiger partial charge in [-0.2, -0.15) is 0 Å². The SMILES string of the molecule is Nc1cc(F)c(F)cc1C(=O)Nc1cc(Br)c(F)cc1F. The van der Waals surface area contributed by atoms with E-state index < -0.39 is 29.2 Å². The van der Waals surface area contributed by atoms with Gasteiger partial charge in [-0.1, -0.05) is 0 Å². The number of carbonyl (C=O) groups excluding carboxylic acids is 1. The van der Waals surface area contributed by atoms with Gasteiger partial charge in [0.1, 0.15) is 11.6 Å². The molecule has 0 saturated carbocycles. The van der Waals surface area contributed by atoms with Crippen molar-refractivity contribution >= 4 is 33.2 Å². The van der Waals surface area contributed by atoms with Crippen molar-refractivity contribution in [2.24, 2.45) is 0 Å². The van der Waals surface area contributed by atoms with Crippen molar-refractivity contribution in [3.63, 3.8) is 0 Å². The molecule has 0 bridgehead atoms. The van der Waals surface area contributed by atoms with Crippen LogP contribution in [-0.4, -0.2) is 5.91 Å². The molecule has 3 N–H and O–H groups in total. The molecule has 0 aromatic heterocycles. The molecule has 0 spiro atoms. The second kappa shape index (κ2) is 5.72. The van der Waals surface area contributed by atoms with Crippen LogP contribution >= 0.6 is 15.9 Å². The Labute approximate surface area is 124 Å². The van der Waals surface area contributed by atoms with Crippen LogP contribution in [0.1, 0.15) is 10.4 Å². The standard InChI is InChI=1S/C13H7BrF4N2O/c14-6-2-12(10(18)3-7(6)15)20-13(21)5-1-8(16)9(17)4-11(5)19/h1-4H,19H2,(H,20,21). The van der Waals surface area contributed by atoms with Gasteiger partial charge in [-0.3, -0.25) is 4.79 Å². The van der Waals surface area contributed by atoms with Crippen LogP contribution in [0.2, 0.25) is 0 Å². The number of nitrogens with two attached hydrogens (primary N) is 1. The molecule has 2 rings (SSSR count). The number of carbonyl (C=O) groups is 1. The van der Waals surface area contributed by atoms with Gasteiger partial charge in [0, 0.05) is 17.8 Å². The molecule has 0 fully saturated rings. The van der Waals surface area contributed by atoms with Crippen LogP contribution in [-0.2, 0) is 0 Å². The number of rotatable bonds is 2. The Balaban J connectivity index is 2.35. The first-order chi connectivity index (χ1) is 9.79. The van der Waals surface area contributed by atoms with Crippen LogP contribution in [0.5, 0.6) is 0 Å². The predicted octanol–water partition coefficient (Wildman–Crippen LogP) is 3.84. The molecule has 0 unspecified atom stereocenters. The molecule has 1 amide bonds. The maximum atomic E-state index is 13.5. The Morgan fingerprint density at radius 3 is 2.24 bits per heavy atom. The summed E-state index contributed by atoms with van der Waals surface area (Å²) in [4.78, 5) is 11.9. The van der Waals surface area contributed by atoms with E-state index in [1.165, 1.54) is 0 Å². The van der Waals surface area contributed by atoms with Crippen LogP contribution in [0.15, 0.2) is 28.7 Å². The van der Waals surface area contributed by atoms with E-state index in [2.05, 4.69) is 21.2 Å². The Morgan fingerprint density at radius 1 is 0.952 bits per heavy atom. The summed E-state index contributed by atoms with van der Waals surface area (Å²) in [6.45, 7) is 0. The van der Waals surface area contributed by atoms with Crippen LogP contribution in [0, 0.1) is 23.3 Å². The molecule has 0 atom stereocenters. The van der Waals surface area contributed by atoms with Crippen LogP contribution in [0.3, 0.4) is 0 Å². The topological polar surface area (TPSA) is 55.1 Å². The normalized spacial score (nSPS) is 10.5. The minimum atomic E-state index is -1.27. The van der Waals surface area contributed by atoms with Gasteiger partial charge >= 0.3 is 0 Å². The largest absolute Gasteiger partial charge is 0.398 e. The van der Waals surface area contributed by atoms with Gasteiger partial charge in [-0.25, -0.2) is 17.6 Å². The molecule has 0 aliphatic rings. The van der Waals surface area contributed by atoms with E-state index in [-0.39, 0.29) is 21.4 Å². The number of amides is 1. The van der Waals surface area contributed by atoms with Gasteiger partial charge in [0.25, 0.3) is 5.91 Å². The number of hydrogen-bond donors (Lipinski definition) is 2. The summed E-state index contributed by atoms with van der Waals surface area (Å²) in [6.07, 6.45) is 0. The van der Waals surface area contributed by atoms with Gasteiger partial charge in [0.05, 0.1) is 15.7 Å². The van der Waals surface area contributed by atoms with E-state index in [9.17, 15) is 22.4 Å². The highest BCUT2D eigenvalue weighted by Gasteiger charge is 2.17. The second-order valence-electron chi connectivity index (χ2n) is 4.05. The molecule has 0 radical (unpaired) electrons. The van der Waals surface area contributed by atoms with Crippen molar-refractivity contribution < 1.29 is 22.4 Å². The summed E-state index contributed by atoms with van der Waals surface area (Å²) in [7, 11) is 0. The molecule has 110 valence electrons. The first-order valence-corrected chi connectivity index (χ1v) is 6.29. The average molecular weight is 363 g/mol. The Hall–Kier alpha value is -2.09. The molecular formula is C13H7BrF4N2O. The lowest BCUT2D eigenvalue weighted by atomic mass is 10.1. The van der Waals surface area contributed by atoms with Crippen molar-refractivity contribution in [2.45, 2.75) is 0 Å². The lowest BCUT2D eigenvalue weighted by molar-refractivity contribution is 0.102. The predicted molar refractivity (Wildman–Crippen MR) is 72.8 cm³/mol. The monoisotopic (exact) mass is 362 g/mol. The fourth-order valence-electron chi connectivity index (χ4n) is 1.57. The van der Waals surface area contributed by atoms with Crippen LogP contribution in [0.4, 0.5) is 28.9 Å². The first kappa shape index (κ1) is 15.3. The summed E-state index contributed by atoms with van der Waals surface area (Å²) in [6, 6.07) is 2.80. The van der Waals surface area contributed by atoms with Gasteiger partial charge in [-0.15, -0.1) is 0 Å². The third-order valence-corrected chi connectivity index (χ3v) is 3.20. The number of benzene rings is 2. The molecule has 0 heterocycles. The molecule has 3 nitrogen and oxygen atoms in total. The van der Waals surface area contributed by atoms with Crippen molar-refractivity contribution in [2.75, 3.05) is 11.1 Å². The van der Waals surface area contributed by atoms with Crippen LogP contribution < -0.4 is 11.1 Å². The maximum absolute atomic E-state index is 13.5. The van der Waals surface area contributed by atoms with E-state index in [0.29, 0.717) is 18.2 Å². The summed E-state index contributed by atoms with van der Waals surface area (Å²) < 4.78 is 52.5. The summed E-state index contributed by atoms with van der Waals surface area (Å²) in [5, 5.41) is 2.10. The maximum Gasteiger partial charge on any atom is 0.257 e.